The maximum Gasteiger partial charge on any atom is 0.258 e. The minimum atomic E-state index is -0.244. The van der Waals surface area contributed by atoms with Gasteiger partial charge in [-0.3, -0.25) is 4.79 Å². The number of amides is 1. The van der Waals surface area contributed by atoms with Crippen molar-refractivity contribution >= 4 is 5.91 Å². The van der Waals surface area contributed by atoms with Crippen molar-refractivity contribution in [3.05, 3.63) is 59.2 Å². The van der Waals surface area contributed by atoms with Gasteiger partial charge in [0.05, 0.1) is 12.7 Å². The molecule has 5 heteroatoms. The summed E-state index contributed by atoms with van der Waals surface area (Å²) in [4.78, 5) is 12.3. The second-order valence-corrected chi connectivity index (χ2v) is 7.98. The summed E-state index contributed by atoms with van der Waals surface area (Å²) in [5, 5.41) is 2.92. The number of hydrogen-bond donors (Lipinski definition) is 1. The van der Waals surface area contributed by atoms with E-state index in [1.54, 1.807) is 0 Å². The molecule has 3 rings (SSSR count). The number of ether oxygens (including phenoxy) is 3. The molecule has 1 heterocycles. The van der Waals surface area contributed by atoms with Crippen LogP contribution in [-0.4, -0.2) is 24.2 Å². The van der Waals surface area contributed by atoms with Crippen LogP contribution in [0.3, 0.4) is 0 Å². The van der Waals surface area contributed by atoms with Crippen LogP contribution in [0.5, 0.6) is 11.5 Å². The molecule has 5 nitrogen and oxygen atoms in total. The van der Waals surface area contributed by atoms with Crippen LogP contribution >= 0.6 is 0 Å². The number of rotatable bonds is 8. The lowest BCUT2D eigenvalue weighted by Crippen LogP contribution is -2.29. The van der Waals surface area contributed by atoms with Gasteiger partial charge in [0.1, 0.15) is 5.60 Å². The molecule has 1 aliphatic heterocycles. The third-order valence-corrected chi connectivity index (χ3v) is 4.58. The quantitative estimate of drug-likeness (QED) is 0.748. The minimum Gasteiger partial charge on any atom is -0.483 e. The van der Waals surface area contributed by atoms with Gasteiger partial charge in [-0.15, -0.1) is 0 Å². The van der Waals surface area contributed by atoms with Crippen LogP contribution in [0.25, 0.3) is 0 Å². The fraction of sp³-hybridized carbons (Fsp3) is 0.435. The van der Waals surface area contributed by atoms with Gasteiger partial charge in [-0.25, -0.2) is 0 Å². The molecule has 0 saturated heterocycles. The standard InChI is InChI=1S/C23H29NO4/c1-16(2)26-14-19-9-6-5-8-18(19)13-24-21(25)15-27-20-11-7-10-17-12-23(3,4)28-22(17)20/h5-11,16H,12-15H2,1-4H3,(H,24,25). The largest absolute Gasteiger partial charge is 0.483 e. The van der Waals surface area contributed by atoms with Crippen LogP contribution < -0.4 is 14.8 Å². The number of fused-ring (bicyclic) bond motifs is 1. The first-order valence-corrected chi connectivity index (χ1v) is 9.73. The fourth-order valence-electron chi connectivity index (χ4n) is 3.22. The first kappa shape index (κ1) is 20.2. The van der Waals surface area contributed by atoms with Gasteiger partial charge in [0.15, 0.2) is 18.1 Å². The Morgan fingerprint density at radius 2 is 1.89 bits per heavy atom. The number of para-hydroxylation sites is 1. The highest BCUT2D eigenvalue weighted by molar-refractivity contribution is 5.77. The van der Waals surface area contributed by atoms with E-state index >= 15 is 0 Å². The van der Waals surface area contributed by atoms with Gasteiger partial charge in [-0.05, 0) is 44.9 Å². The average molecular weight is 383 g/mol. The molecule has 0 spiro atoms. The second kappa shape index (κ2) is 8.65. The number of carbonyl (C=O) groups excluding carboxylic acids is 1. The second-order valence-electron chi connectivity index (χ2n) is 7.98. The average Bonchev–Trinajstić information content (AvgIpc) is 2.97. The van der Waals surface area contributed by atoms with Crippen molar-refractivity contribution < 1.29 is 19.0 Å². The van der Waals surface area contributed by atoms with Crippen LogP contribution in [0, 0.1) is 0 Å². The Balaban J connectivity index is 1.54. The summed E-state index contributed by atoms with van der Waals surface area (Å²) >= 11 is 0. The van der Waals surface area contributed by atoms with Crippen LogP contribution in [-0.2, 0) is 29.1 Å². The highest BCUT2D eigenvalue weighted by Gasteiger charge is 2.32. The molecule has 1 aliphatic rings. The first-order valence-electron chi connectivity index (χ1n) is 9.73. The van der Waals surface area contributed by atoms with E-state index in [9.17, 15) is 4.79 Å². The molecule has 1 N–H and O–H groups in total. The van der Waals surface area contributed by atoms with Crippen molar-refractivity contribution in [2.24, 2.45) is 0 Å². The summed E-state index contributed by atoms with van der Waals surface area (Å²) < 4.78 is 17.4. The maximum atomic E-state index is 12.3. The number of hydrogen-bond acceptors (Lipinski definition) is 4. The molecule has 150 valence electrons. The molecular weight excluding hydrogens is 354 g/mol. The summed E-state index contributed by atoms with van der Waals surface area (Å²) in [5.74, 6) is 1.19. The highest BCUT2D eigenvalue weighted by atomic mass is 16.5. The van der Waals surface area contributed by atoms with Crippen molar-refractivity contribution in [3.63, 3.8) is 0 Å². The molecule has 0 unspecified atom stereocenters. The Morgan fingerprint density at radius 3 is 2.64 bits per heavy atom. The van der Waals surface area contributed by atoms with Gasteiger partial charge in [0.2, 0.25) is 0 Å². The minimum absolute atomic E-state index is 0.0507. The lowest BCUT2D eigenvalue weighted by atomic mass is 10.0. The van der Waals surface area contributed by atoms with Gasteiger partial charge < -0.3 is 19.5 Å². The van der Waals surface area contributed by atoms with Crippen LogP contribution in [0.15, 0.2) is 42.5 Å². The zero-order valence-corrected chi connectivity index (χ0v) is 17.1. The van der Waals surface area contributed by atoms with E-state index in [-0.39, 0.29) is 24.2 Å². The predicted molar refractivity (Wildman–Crippen MR) is 109 cm³/mol. The van der Waals surface area contributed by atoms with Crippen LogP contribution in [0.1, 0.15) is 44.4 Å². The zero-order valence-electron chi connectivity index (χ0n) is 17.1. The van der Waals surface area contributed by atoms with Crippen molar-refractivity contribution in [3.8, 4) is 11.5 Å². The topological polar surface area (TPSA) is 56.8 Å². The summed E-state index contributed by atoms with van der Waals surface area (Å²) in [7, 11) is 0. The molecule has 0 bridgehead atoms. The smallest absolute Gasteiger partial charge is 0.258 e. The number of benzene rings is 2. The molecule has 1 amide bonds. The highest BCUT2D eigenvalue weighted by Crippen LogP contribution is 2.41. The van der Waals surface area contributed by atoms with Gasteiger partial charge in [-0.1, -0.05) is 36.4 Å². The Hall–Kier alpha value is -2.53. The normalized spacial score (nSPS) is 14.5. The van der Waals surface area contributed by atoms with Gasteiger partial charge in [0.25, 0.3) is 5.91 Å². The lowest BCUT2D eigenvalue weighted by molar-refractivity contribution is -0.123. The van der Waals surface area contributed by atoms with E-state index in [1.165, 1.54) is 0 Å². The first-order chi connectivity index (χ1) is 13.3. The molecule has 0 atom stereocenters. The number of carbonyl (C=O) groups is 1. The molecule has 0 aromatic heterocycles. The van der Waals surface area contributed by atoms with E-state index in [0.717, 1.165) is 28.9 Å². The number of nitrogens with one attached hydrogen (secondary N) is 1. The van der Waals surface area contributed by atoms with E-state index in [0.29, 0.717) is 18.9 Å². The van der Waals surface area contributed by atoms with E-state index in [4.69, 9.17) is 14.2 Å². The molecule has 0 radical (unpaired) electrons. The zero-order chi connectivity index (χ0) is 20.1. The van der Waals surface area contributed by atoms with Gasteiger partial charge in [-0.2, -0.15) is 0 Å². The molecule has 0 fully saturated rings. The monoisotopic (exact) mass is 383 g/mol. The summed E-state index contributed by atoms with van der Waals surface area (Å²) in [5.41, 5.74) is 2.99. The fourth-order valence-corrected chi connectivity index (χ4v) is 3.22. The molecule has 2 aromatic carbocycles. The summed E-state index contributed by atoms with van der Waals surface area (Å²) in [6.45, 7) is 9.03. The summed E-state index contributed by atoms with van der Waals surface area (Å²) in [6, 6.07) is 13.8. The third-order valence-electron chi connectivity index (χ3n) is 4.58. The predicted octanol–water partition coefficient (Wildman–Crippen LogP) is 4.02. The van der Waals surface area contributed by atoms with Crippen LogP contribution in [0.2, 0.25) is 0 Å². The Bertz CT molecular complexity index is 829. The molecule has 0 aliphatic carbocycles. The Labute approximate surface area is 167 Å². The van der Waals surface area contributed by atoms with E-state index < -0.39 is 0 Å². The Morgan fingerprint density at radius 1 is 1.14 bits per heavy atom. The van der Waals surface area contributed by atoms with Crippen LogP contribution in [0.4, 0.5) is 0 Å². The van der Waals surface area contributed by atoms with Crippen molar-refractivity contribution in [2.75, 3.05) is 6.61 Å². The lowest BCUT2D eigenvalue weighted by Gasteiger charge is -2.18. The van der Waals surface area contributed by atoms with Crippen molar-refractivity contribution in [2.45, 2.75) is 59.0 Å². The third kappa shape index (κ3) is 5.26. The molecule has 28 heavy (non-hydrogen) atoms. The molecular formula is C23H29NO4. The SMILES string of the molecule is CC(C)OCc1ccccc1CNC(=O)COc1cccc2c1OC(C)(C)C2. The van der Waals surface area contributed by atoms with E-state index in [1.807, 2.05) is 70.2 Å². The molecule has 0 saturated carbocycles. The summed E-state index contributed by atoms with van der Waals surface area (Å²) in [6.07, 6.45) is 0.997. The van der Waals surface area contributed by atoms with Crippen molar-refractivity contribution in [1.82, 2.24) is 5.32 Å². The maximum absolute atomic E-state index is 12.3. The van der Waals surface area contributed by atoms with Gasteiger partial charge >= 0.3 is 0 Å². The van der Waals surface area contributed by atoms with Crippen molar-refractivity contribution in [1.29, 1.82) is 0 Å². The Kier molecular flexibility index (Phi) is 6.25. The van der Waals surface area contributed by atoms with E-state index in [2.05, 4.69) is 5.32 Å². The van der Waals surface area contributed by atoms with Gasteiger partial charge in [0, 0.05) is 18.5 Å². The molecule has 2 aromatic rings.